The van der Waals surface area contributed by atoms with Crippen LogP contribution >= 0.6 is 11.6 Å². The van der Waals surface area contributed by atoms with Crippen LogP contribution in [0.2, 0.25) is 5.02 Å². The Morgan fingerprint density at radius 3 is 2.61 bits per heavy atom. The molecule has 2 amide bonds. The topological polar surface area (TPSA) is 75.7 Å². The van der Waals surface area contributed by atoms with Crippen LogP contribution in [-0.4, -0.2) is 49.8 Å². The minimum absolute atomic E-state index is 0.119. The third-order valence-electron chi connectivity index (χ3n) is 7.04. The molecule has 4 aromatic rings. The van der Waals surface area contributed by atoms with Crippen LogP contribution in [0, 0.1) is 0 Å². The Hall–Kier alpha value is -3.81. The molecule has 1 atom stereocenters. The lowest BCUT2D eigenvalue weighted by Gasteiger charge is -2.38. The number of anilines is 1. The number of carbonyl (C=O) groups excluding carboxylic acids is 1. The third-order valence-corrected chi connectivity index (χ3v) is 7.29. The van der Waals surface area contributed by atoms with Gasteiger partial charge < -0.3 is 20.1 Å². The van der Waals surface area contributed by atoms with E-state index in [1.165, 1.54) is 16.7 Å². The molecule has 0 aliphatic carbocycles. The van der Waals surface area contributed by atoms with Crippen LogP contribution in [0.1, 0.15) is 22.7 Å². The van der Waals surface area contributed by atoms with Crippen molar-refractivity contribution in [3.8, 4) is 11.5 Å². The smallest absolute Gasteiger partial charge is 0.319 e. The number of carbonyl (C=O) groups is 1. The first-order valence-electron chi connectivity index (χ1n) is 12.7. The third kappa shape index (κ3) is 5.69. The molecule has 7 nitrogen and oxygen atoms in total. The molecular weight excluding hydrogens is 500 g/mol. The largest absolute Gasteiger partial charge is 0.493 e. The van der Waals surface area contributed by atoms with Gasteiger partial charge in [-0.15, -0.1) is 0 Å². The van der Waals surface area contributed by atoms with Crippen molar-refractivity contribution in [1.29, 1.82) is 0 Å². The standard InChI is InChI=1S/C30H31ClN4O3/c1-37-28-18-21-12-15-35(27(24(21)19-29(28)38-2)17-20-7-9-22(31)10-8-20)16-14-33-30(36)34-26-11-13-32-25-6-4-3-5-23(25)26/h3-11,13,18-19,27H,12,14-17H2,1-2H3,(H2,32,33,34,36). The van der Waals surface area contributed by atoms with Crippen LogP contribution < -0.4 is 20.1 Å². The van der Waals surface area contributed by atoms with E-state index in [4.69, 9.17) is 21.1 Å². The van der Waals surface area contributed by atoms with Crippen molar-refractivity contribution < 1.29 is 14.3 Å². The van der Waals surface area contributed by atoms with Crippen molar-refractivity contribution in [1.82, 2.24) is 15.2 Å². The van der Waals surface area contributed by atoms with Gasteiger partial charge in [-0.05, 0) is 65.9 Å². The van der Waals surface area contributed by atoms with E-state index in [1.54, 1.807) is 20.4 Å². The fourth-order valence-corrected chi connectivity index (χ4v) is 5.24. The first-order chi connectivity index (χ1) is 18.6. The fourth-order valence-electron chi connectivity index (χ4n) is 5.11. The lowest BCUT2D eigenvalue weighted by atomic mass is 9.88. The summed E-state index contributed by atoms with van der Waals surface area (Å²) in [5.74, 6) is 1.46. The van der Waals surface area contributed by atoms with Crippen molar-refractivity contribution in [2.45, 2.75) is 18.9 Å². The lowest BCUT2D eigenvalue weighted by molar-refractivity contribution is 0.183. The highest BCUT2D eigenvalue weighted by atomic mass is 35.5. The molecule has 1 aromatic heterocycles. The van der Waals surface area contributed by atoms with E-state index in [0.717, 1.165) is 52.5 Å². The van der Waals surface area contributed by atoms with E-state index in [1.807, 2.05) is 42.5 Å². The summed E-state index contributed by atoms with van der Waals surface area (Å²) in [6.45, 7) is 2.09. The molecule has 196 valence electrons. The molecule has 0 fully saturated rings. The molecule has 2 N–H and O–H groups in total. The lowest BCUT2D eigenvalue weighted by Crippen LogP contribution is -2.42. The van der Waals surface area contributed by atoms with Gasteiger partial charge in [-0.2, -0.15) is 0 Å². The van der Waals surface area contributed by atoms with Crippen LogP contribution in [0.4, 0.5) is 10.5 Å². The zero-order valence-corrected chi connectivity index (χ0v) is 22.3. The van der Waals surface area contributed by atoms with Gasteiger partial charge in [-0.3, -0.25) is 9.88 Å². The highest BCUT2D eigenvalue weighted by Gasteiger charge is 2.29. The maximum atomic E-state index is 12.8. The number of aromatic nitrogens is 1. The van der Waals surface area contributed by atoms with Crippen molar-refractivity contribution in [3.05, 3.63) is 94.6 Å². The number of nitrogens with one attached hydrogen (secondary N) is 2. The molecule has 2 heterocycles. The molecule has 5 rings (SSSR count). The summed E-state index contributed by atoms with van der Waals surface area (Å²) < 4.78 is 11.2. The first-order valence-corrected chi connectivity index (χ1v) is 13.1. The van der Waals surface area contributed by atoms with E-state index >= 15 is 0 Å². The summed E-state index contributed by atoms with van der Waals surface area (Å²) in [4.78, 5) is 19.5. The second kappa shape index (κ2) is 11.7. The monoisotopic (exact) mass is 530 g/mol. The number of halogens is 1. The number of nitrogens with zero attached hydrogens (tertiary/aromatic N) is 2. The summed E-state index contributed by atoms with van der Waals surface area (Å²) in [7, 11) is 3.32. The van der Waals surface area contributed by atoms with Crippen LogP contribution in [0.15, 0.2) is 72.9 Å². The summed E-state index contributed by atoms with van der Waals surface area (Å²) in [5, 5.41) is 7.62. The maximum Gasteiger partial charge on any atom is 0.319 e. The van der Waals surface area contributed by atoms with Gasteiger partial charge in [0, 0.05) is 42.3 Å². The molecule has 0 saturated heterocycles. The predicted octanol–water partition coefficient (Wildman–Crippen LogP) is 5.87. The van der Waals surface area contributed by atoms with E-state index in [9.17, 15) is 4.79 Å². The summed E-state index contributed by atoms with van der Waals surface area (Å²) in [5.41, 5.74) is 5.25. The number of benzene rings is 3. The number of rotatable bonds is 8. The van der Waals surface area contributed by atoms with Gasteiger partial charge in [0.25, 0.3) is 0 Å². The number of fused-ring (bicyclic) bond motifs is 2. The van der Waals surface area contributed by atoms with Gasteiger partial charge in [0.2, 0.25) is 0 Å². The van der Waals surface area contributed by atoms with Crippen molar-refractivity contribution >= 4 is 34.2 Å². The molecule has 1 aliphatic rings. The molecular formula is C30H31ClN4O3. The molecule has 8 heteroatoms. The molecule has 3 aromatic carbocycles. The Morgan fingerprint density at radius 2 is 1.82 bits per heavy atom. The summed E-state index contributed by atoms with van der Waals surface area (Å²) in [6.07, 6.45) is 3.41. The van der Waals surface area contributed by atoms with Crippen molar-refractivity contribution in [2.24, 2.45) is 0 Å². The van der Waals surface area contributed by atoms with E-state index < -0.39 is 0 Å². The molecule has 1 unspecified atom stereocenters. The highest BCUT2D eigenvalue weighted by Crippen LogP contribution is 2.39. The minimum Gasteiger partial charge on any atom is -0.493 e. The van der Waals surface area contributed by atoms with E-state index in [0.29, 0.717) is 13.1 Å². The zero-order chi connectivity index (χ0) is 26.5. The number of hydrogen-bond donors (Lipinski definition) is 2. The summed E-state index contributed by atoms with van der Waals surface area (Å²) in [6, 6.07) is 21.6. The SMILES string of the molecule is COc1cc2c(cc1OC)C(Cc1ccc(Cl)cc1)N(CCNC(=O)Nc1ccnc3ccccc13)CC2. The zero-order valence-electron chi connectivity index (χ0n) is 21.5. The van der Waals surface area contributed by atoms with Crippen molar-refractivity contribution in [3.63, 3.8) is 0 Å². The number of ether oxygens (including phenoxy) is 2. The van der Waals surface area contributed by atoms with Gasteiger partial charge in [0.15, 0.2) is 11.5 Å². The first kappa shape index (κ1) is 25.8. The highest BCUT2D eigenvalue weighted by molar-refractivity contribution is 6.30. The molecule has 38 heavy (non-hydrogen) atoms. The quantitative estimate of drug-likeness (QED) is 0.298. The van der Waals surface area contributed by atoms with Gasteiger partial charge in [-0.1, -0.05) is 41.9 Å². The average molecular weight is 531 g/mol. The fraction of sp³-hybridized carbons (Fsp3) is 0.267. The predicted molar refractivity (Wildman–Crippen MR) is 151 cm³/mol. The second-order valence-electron chi connectivity index (χ2n) is 9.29. The van der Waals surface area contributed by atoms with Gasteiger partial charge in [0.05, 0.1) is 25.4 Å². The Morgan fingerprint density at radius 1 is 1.05 bits per heavy atom. The Bertz CT molecular complexity index is 1420. The Kier molecular flexibility index (Phi) is 7.96. The second-order valence-corrected chi connectivity index (χ2v) is 9.73. The Balaban J connectivity index is 1.30. The van der Waals surface area contributed by atoms with Crippen LogP contribution in [-0.2, 0) is 12.8 Å². The normalized spacial score (nSPS) is 15.1. The molecule has 0 bridgehead atoms. The molecule has 0 saturated carbocycles. The van der Waals surface area contributed by atoms with Crippen LogP contribution in [0.5, 0.6) is 11.5 Å². The van der Waals surface area contributed by atoms with Crippen molar-refractivity contribution in [2.75, 3.05) is 39.2 Å². The number of urea groups is 1. The summed E-state index contributed by atoms with van der Waals surface area (Å²) >= 11 is 6.14. The number of hydrogen-bond acceptors (Lipinski definition) is 5. The minimum atomic E-state index is -0.237. The van der Waals surface area contributed by atoms with Gasteiger partial charge in [0.1, 0.15) is 0 Å². The van der Waals surface area contributed by atoms with Crippen LogP contribution in [0.25, 0.3) is 10.9 Å². The number of para-hydroxylation sites is 1. The number of amides is 2. The van der Waals surface area contributed by atoms with Crippen LogP contribution in [0.3, 0.4) is 0 Å². The van der Waals surface area contributed by atoms with Gasteiger partial charge >= 0.3 is 6.03 Å². The number of pyridine rings is 1. The van der Waals surface area contributed by atoms with E-state index in [2.05, 4.69) is 44.8 Å². The number of methoxy groups -OCH3 is 2. The Labute approximate surface area is 227 Å². The van der Waals surface area contributed by atoms with E-state index in [-0.39, 0.29) is 12.1 Å². The molecule has 0 radical (unpaired) electrons. The molecule has 0 spiro atoms. The average Bonchev–Trinajstić information content (AvgIpc) is 2.94. The van der Waals surface area contributed by atoms with Gasteiger partial charge in [-0.25, -0.2) is 4.79 Å². The molecule has 1 aliphatic heterocycles. The maximum absolute atomic E-state index is 12.8.